The summed E-state index contributed by atoms with van der Waals surface area (Å²) in [5, 5.41) is 9.42. The number of aliphatic hydroxyl groups is 1. The standard InChI is InChI=1S/C19H17F4N3O2/c1-11(24)16(9-27)17(10-28)26-18-7-12(2-3-25-18)4-13-5-14(19(21,22)23)8-15(20)6-13/h2-3,5-9,28H,4,10,24H2,1H3/b16-11-,26-17?. The van der Waals surface area contributed by atoms with Crippen molar-refractivity contribution in [3.05, 3.63) is 70.3 Å². The molecule has 3 N–H and O–H groups in total. The van der Waals surface area contributed by atoms with E-state index in [4.69, 9.17) is 5.73 Å². The first-order valence-corrected chi connectivity index (χ1v) is 8.06. The number of carbonyl (C=O) groups is 1. The first-order valence-electron chi connectivity index (χ1n) is 8.06. The molecule has 0 aliphatic carbocycles. The molecule has 0 fully saturated rings. The zero-order valence-electron chi connectivity index (χ0n) is 14.8. The van der Waals surface area contributed by atoms with Crippen LogP contribution in [0.2, 0.25) is 0 Å². The minimum absolute atomic E-state index is 0.00441. The van der Waals surface area contributed by atoms with E-state index in [9.17, 15) is 27.5 Å². The molecule has 2 rings (SSSR count). The minimum atomic E-state index is -4.65. The molecule has 0 aliphatic heterocycles. The molecule has 0 radical (unpaired) electrons. The van der Waals surface area contributed by atoms with Crippen LogP contribution in [0.15, 0.2) is 52.8 Å². The van der Waals surface area contributed by atoms with Crippen molar-refractivity contribution in [1.82, 2.24) is 4.98 Å². The van der Waals surface area contributed by atoms with Gasteiger partial charge in [-0.05, 0) is 54.8 Å². The largest absolute Gasteiger partial charge is 0.416 e. The second-order valence-corrected chi connectivity index (χ2v) is 5.98. The van der Waals surface area contributed by atoms with Crippen molar-refractivity contribution < 1.29 is 27.5 Å². The van der Waals surface area contributed by atoms with Gasteiger partial charge in [-0.3, -0.25) is 4.79 Å². The van der Waals surface area contributed by atoms with Gasteiger partial charge >= 0.3 is 6.18 Å². The van der Waals surface area contributed by atoms with Crippen LogP contribution in [-0.2, 0) is 17.4 Å². The SMILES string of the molecule is C/C(N)=C(\C=O)C(CO)=Nc1cc(Cc2cc(F)cc(C(F)(F)F)c2)ccn1. The normalized spacial score (nSPS) is 13.3. The van der Waals surface area contributed by atoms with E-state index >= 15 is 0 Å². The first kappa shape index (κ1) is 21.2. The molecule has 2 aromatic rings. The molecule has 0 aliphatic rings. The third-order valence-electron chi connectivity index (χ3n) is 3.76. The summed E-state index contributed by atoms with van der Waals surface area (Å²) >= 11 is 0. The molecule has 0 spiro atoms. The average Bonchev–Trinajstić information content (AvgIpc) is 2.60. The molecule has 0 bridgehead atoms. The number of benzene rings is 1. The lowest BCUT2D eigenvalue weighted by Crippen LogP contribution is -2.14. The van der Waals surface area contributed by atoms with Crippen molar-refractivity contribution in [3.8, 4) is 0 Å². The fourth-order valence-corrected chi connectivity index (χ4v) is 2.49. The van der Waals surface area contributed by atoms with Gasteiger partial charge in [-0.25, -0.2) is 14.4 Å². The Morgan fingerprint density at radius 2 is 1.96 bits per heavy atom. The molecule has 0 saturated heterocycles. The Hall–Kier alpha value is -3.07. The van der Waals surface area contributed by atoms with Crippen LogP contribution < -0.4 is 5.73 Å². The highest BCUT2D eigenvalue weighted by atomic mass is 19.4. The van der Waals surface area contributed by atoms with Crippen LogP contribution in [-0.4, -0.2) is 28.7 Å². The van der Waals surface area contributed by atoms with Crippen molar-refractivity contribution in [2.45, 2.75) is 19.5 Å². The third-order valence-corrected chi connectivity index (χ3v) is 3.76. The summed E-state index contributed by atoms with van der Waals surface area (Å²) < 4.78 is 52.1. The van der Waals surface area contributed by atoms with Gasteiger partial charge in [0.15, 0.2) is 12.1 Å². The van der Waals surface area contributed by atoms with E-state index < -0.39 is 24.2 Å². The number of hydrogen-bond donors (Lipinski definition) is 2. The van der Waals surface area contributed by atoms with E-state index in [-0.39, 0.29) is 34.8 Å². The van der Waals surface area contributed by atoms with Crippen LogP contribution in [0.4, 0.5) is 23.4 Å². The quantitative estimate of drug-likeness (QED) is 0.340. The molecular formula is C19H17F4N3O2. The summed E-state index contributed by atoms with van der Waals surface area (Å²) in [4.78, 5) is 19.2. The monoisotopic (exact) mass is 395 g/mol. The molecule has 1 aromatic heterocycles. The number of halogens is 4. The lowest BCUT2D eigenvalue weighted by molar-refractivity contribution is -0.137. The summed E-state index contributed by atoms with van der Waals surface area (Å²) in [7, 11) is 0. The summed E-state index contributed by atoms with van der Waals surface area (Å²) in [5.41, 5.74) is 5.35. The molecule has 148 valence electrons. The molecule has 9 heteroatoms. The second kappa shape index (κ2) is 8.75. The fourth-order valence-electron chi connectivity index (χ4n) is 2.49. The number of aldehydes is 1. The number of rotatable bonds is 6. The van der Waals surface area contributed by atoms with Gasteiger partial charge in [0.1, 0.15) is 5.82 Å². The Balaban J connectivity index is 2.37. The molecule has 0 amide bonds. The predicted octanol–water partition coefficient (Wildman–Crippen LogP) is 3.33. The van der Waals surface area contributed by atoms with Crippen molar-refractivity contribution >= 4 is 17.8 Å². The van der Waals surface area contributed by atoms with Gasteiger partial charge in [0.25, 0.3) is 0 Å². The van der Waals surface area contributed by atoms with Crippen molar-refractivity contribution in [3.63, 3.8) is 0 Å². The molecule has 1 heterocycles. The summed E-state index contributed by atoms with van der Waals surface area (Å²) in [6.45, 7) is 0.911. The van der Waals surface area contributed by atoms with Crippen molar-refractivity contribution in [1.29, 1.82) is 0 Å². The Morgan fingerprint density at radius 3 is 2.54 bits per heavy atom. The maximum absolute atomic E-state index is 13.5. The number of aromatic nitrogens is 1. The lowest BCUT2D eigenvalue weighted by atomic mass is 10.0. The number of aliphatic imine (C=N–C) groups is 1. The summed E-state index contributed by atoms with van der Waals surface area (Å²) in [5.74, 6) is -0.867. The van der Waals surface area contributed by atoms with Crippen molar-refractivity contribution in [2.75, 3.05) is 6.61 Å². The highest BCUT2D eigenvalue weighted by Crippen LogP contribution is 2.31. The van der Waals surface area contributed by atoms with Crippen LogP contribution in [0.3, 0.4) is 0 Å². The summed E-state index contributed by atoms with van der Waals surface area (Å²) in [6, 6.07) is 5.32. The van der Waals surface area contributed by atoms with Crippen LogP contribution >= 0.6 is 0 Å². The van der Waals surface area contributed by atoms with Crippen LogP contribution in [0.25, 0.3) is 0 Å². The maximum atomic E-state index is 13.5. The number of carbonyl (C=O) groups excluding carboxylic acids is 1. The first-order chi connectivity index (χ1) is 13.1. The predicted molar refractivity (Wildman–Crippen MR) is 95.6 cm³/mol. The zero-order chi connectivity index (χ0) is 20.9. The van der Waals surface area contributed by atoms with Gasteiger partial charge in [-0.2, -0.15) is 13.2 Å². The zero-order valence-corrected chi connectivity index (χ0v) is 14.8. The Morgan fingerprint density at radius 1 is 1.25 bits per heavy atom. The number of nitrogens with two attached hydrogens (primary N) is 1. The van der Waals surface area contributed by atoms with E-state index in [0.29, 0.717) is 17.9 Å². The van der Waals surface area contributed by atoms with E-state index in [0.717, 1.165) is 12.1 Å². The van der Waals surface area contributed by atoms with Crippen LogP contribution in [0.1, 0.15) is 23.6 Å². The minimum Gasteiger partial charge on any atom is -0.402 e. The molecule has 0 atom stereocenters. The molecule has 0 saturated carbocycles. The Bertz CT molecular complexity index is 933. The number of pyridine rings is 1. The molecule has 5 nitrogen and oxygen atoms in total. The van der Waals surface area contributed by atoms with Gasteiger partial charge in [0, 0.05) is 11.9 Å². The number of nitrogens with zero attached hydrogens (tertiary/aromatic N) is 2. The number of aliphatic hydroxyl groups excluding tert-OH is 1. The topological polar surface area (TPSA) is 88.6 Å². The third kappa shape index (κ3) is 5.46. The van der Waals surface area contributed by atoms with Crippen LogP contribution in [0, 0.1) is 5.82 Å². The number of hydrogen-bond acceptors (Lipinski definition) is 5. The Labute approximate surface area is 158 Å². The van der Waals surface area contributed by atoms with Gasteiger partial charge in [0.05, 0.1) is 23.5 Å². The maximum Gasteiger partial charge on any atom is 0.416 e. The molecular weight excluding hydrogens is 378 g/mol. The van der Waals surface area contributed by atoms with E-state index in [1.165, 1.54) is 19.2 Å². The van der Waals surface area contributed by atoms with Crippen molar-refractivity contribution in [2.24, 2.45) is 10.7 Å². The summed E-state index contributed by atoms with van der Waals surface area (Å²) in [6.07, 6.45) is -2.82. The molecule has 1 aromatic carbocycles. The highest BCUT2D eigenvalue weighted by molar-refractivity contribution is 6.16. The van der Waals surface area contributed by atoms with E-state index in [2.05, 4.69) is 9.98 Å². The Kier molecular flexibility index (Phi) is 6.63. The molecule has 28 heavy (non-hydrogen) atoms. The number of alkyl halides is 3. The fraction of sp³-hybridized carbons (Fsp3) is 0.211. The second-order valence-electron chi connectivity index (χ2n) is 5.98. The highest BCUT2D eigenvalue weighted by Gasteiger charge is 2.31. The van der Waals surface area contributed by atoms with E-state index in [1.54, 1.807) is 6.07 Å². The molecule has 0 unspecified atom stereocenters. The van der Waals surface area contributed by atoms with Gasteiger partial charge < -0.3 is 10.8 Å². The smallest absolute Gasteiger partial charge is 0.402 e. The van der Waals surface area contributed by atoms with Gasteiger partial charge in [0.2, 0.25) is 0 Å². The average molecular weight is 395 g/mol. The van der Waals surface area contributed by atoms with Gasteiger partial charge in [-0.1, -0.05) is 0 Å². The van der Waals surface area contributed by atoms with E-state index in [1.807, 2.05) is 0 Å². The van der Waals surface area contributed by atoms with Gasteiger partial charge in [-0.15, -0.1) is 0 Å². The van der Waals surface area contributed by atoms with Crippen LogP contribution in [0.5, 0.6) is 0 Å². The lowest BCUT2D eigenvalue weighted by Gasteiger charge is -2.10. The number of allylic oxidation sites excluding steroid dienone is 1.